The summed E-state index contributed by atoms with van der Waals surface area (Å²) in [4.78, 5) is 0. The lowest BCUT2D eigenvalue weighted by molar-refractivity contribution is 0.230. The molecule has 0 aromatic heterocycles. The standard InChI is InChI=1S/C15H25NO3/c1-6-16-15(11(2)3)10-19-14-8-12(17-4)7-13(9-14)18-5/h7-9,11,15-16H,6,10H2,1-5H3. The highest BCUT2D eigenvalue weighted by molar-refractivity contribution is 5.42. The molecule has 4 nitrogen and oxygen atoms in total. The number of nitrogens with one attached hydrogen (secondary N) is 1. The molecule has 1 rings (SSSR count). The zero-order chi connectivity index (χ0) is 14.3. The first-order valence-corrected chi connectivity index (χ1v) is 6.70. The van der Waals surface area contributed by atoms with E-state index in [-0.39, 0.29) is 0 Å². The topological polar surface area (TPSA) is 39.7 Å². The fourth-order valence-electron chi connectivity index (χ4n) is 1.80. The van der Waals surface area contributed by atoms with Gasteiger partial charge in [-0.3, -0.25) is 0 Å². The quantitative estimate of drug-likeness (QED) is 0.786. The van der Waals surface area contributed by atoms with Crippen molar-refractivity contribution in [2.24, 2.45) is 5.92 Å². The molecule has 0 amide bonds. The fraction of sp³-hybridized carbons (Fsp3) is 0.600. The Morgan fingerprint density at radius 3 is 1.95 bits per heavy atom. The van der Waals surface area contributed by atoms with Gasteiger partial charge in [0.15, 0.2) is 0 Å². The number of hydrogen-bond donors (Lipinski definition) is 1. The van der Waals surface area contributed by atoms with Gasteiger partial charge < -0.3 is 19.5 Å². The third-order valence-corrected chi connectivity index (χ3v) is 3.03. The van der Waals surface area contributed by atoms with E-state index in [1.54, 1.807) is 14.2 Å². The summed E-state index contributed by atoms with van der Waals surface area (Å²) in [6.07, 6.45) is 0. The predicted octanol–water partition coefficient (Wildman–Crippen LogP) is 2.72. The Balaban J connectivity index is 2.70. The summed E-state index contributed by atoms with van der Waals surface area (Å²) in [5, 5.41) is 3.42. The first-order valence-electron chi connectivity index (χ1n) is 6.70. The Bertz CT molecular complexity index is 357. The number of methoxy groups -OCH3 is 2. The normalized spacial score (nSPS) is 12.3. The minimum Gasteiger partial charge on any atom is -0.496 e. The van der Waals surface area contributed by atoms with Crippen LogP contribution in [0, 0.1) is 5.92 Å². The van der Waals surface area contributed by atoms with Gasteiger partial charge in [0, 0.05) is 24.2 Å². The van der Waals surface area contributed by atoms with Gasteiger partial charge in [-0.05, 0) is 12.5 Å². The molecule has 1 unspecified atom stereocenters. The molecular formula is C15H25NO3. The molecule has 0 bridgehead atoms. The SMILES string of the molecule is CCNC(COc1cc(OC)cc(OC)c1)C(C)C. The van der Waals surface area contributed by atoms with Crippen LogP contribution in [0.3, 0.4) is 0 Å². The summed E-state index contributed by atoms with van der Waals surface area (Å²) >= 11 is 0. The maximum atomic E-state index is 5.84. The molecule has 0 saturated heterocycles. The van der Waals surface area contributed by atoms with Gasteiger partial charge >= 0.3 is 0 Å². The van der Waals surface area contributed by atoms with Crippen LogP contribution in [0.4, 0.5) is 0 Å². The van der Waals surface area contributed by atoms with Crippen LogP contribution in [-0.4, -0.2) is 33.4 Å². The van der Waals surface area contributed by atoms with Crippen molar-refractivity contribution in [1.82, 2.24) is 5.32 Å². The van der Waals surface area contributed by atoms with Crippen LogP contribution in [0.1, 0.15) is 20.8 Å². The minimum atomic E-state index is 0.335. The summed E-state index contributed by atoms with van der Waals surface area (Å²) in [5.74, 6) is 2.75. The van der Waals surface area contributed by atoms with Crippen molar-refractivity contribution >= 4 is 0 Å². The molecule has 4 heteroatoms. The van der Waals surface area contributed by atoms with Gasteiger partial charge in [-0.15, -0.1) is 0 Å². The lowest BCUT2D eigenvalue weighted by atomic mass is 10.1. The largest absolute Gasteiger partial charge is 0.496 e. The maximum absolute atomic E-state index is 5.84. The van der Waals surface area contributed by atoms with Crippen LogP contribution in [0.5, 0.6) is 17.2 Å². The van der Waals surface area contributed by atoms with Crippen molar-refractivity contribution in [3.05, 3.63) is 18.2 Å². The highest BCUT2D eigenvalue weighted by Gasteiger charge is 2.13. The monoisotopic (exact) mass is 267 g/mol. The predicted molar refractivity (Wildman–Crippen MR) is 77.3 cm³/mol. The van der Waals surface area contributed by atoms with Gasteiger partial charge in [0.2, 0.25) is 0 Å². The number of rotatable bonds is 8. The molecule has 19 heavy (non-hydrogen) atoms. The van der Waals surface area contributed by atoms with E-state index >= 15 is 0 Å². The summed E-state index contributed by atoms with van der Waals surface area (Å²) in [6.45, 7) is 8.03. The smallest absolute Gasteiger partial charge is 0.126 e. The number of hydrogen-bond acceptors (Lipinski definition) is 4. The number of likely N-dealkylation sites (N-methyl/N-ethyl adjacent to an activating group) is 1. The van der Waals surface area contributed by atoms with Crippen molar-refractivity contribution in [2.75, 3.05) is 27.4 Å². The molecule has 1 aromatic carbocycles. The van der Waals surface area contributed by atoms with Crippen molar-refractivity contribution in [3.63, 3.8) is 0 Å². The Kier molecular flexibility index (Phi) is 6.50. The van der Waals surface area contributed by atoms with Gasteiger partial charge in [0.25, 0.3) is 0 Å². The third-order valence-electron chi connectivity index (χ3n) is 3.03. The lowest BCUT2D eigenvalue weighted by Crippen LogP contribution is -2.38. The molecule has 108 valence electrons. The highest BCUT2D eigenvalue weighted by Crippen LogP contribution is 2.27. The lowest BCUT2D eigenvalue weighted by Gasteiger charge is -2.22. The molecule has 0 aliphatic carbocycles. The van der Waals surface area contributed by atoms with Crippen molar-refractivity contribution in [1.29, 1.82) is 0 Å². The van der Waals surface area contributed by atoms with E-state index in [1.165, 1.54) is 0 Å². The zero-order valence-electron chi connectivity index (χ0n) is 12.5. The van der Waals surface area contributed by atoms with E-state index in [9.17, 15) is 0 Å². The molecule has 1 atom stereocenters. The molecule has 1 N–H and O–H groups in total. The van der Waals surface area contributed by atoms with Crippen LogP contribution >= 0.6 is 0 Å². The van der Waals surface area contributed by atoms with Gasteiger partial charge in [0.05, 0.1) is 14.2 Å². The van der Waals surface area contributed by atoms with Gasteiger partial charge in [-0.2, -0.15) is 0 Å². The van der Waals surface area contributed by atoms with Crippen LogP contribution in [0.25, 0.3) is 0 Å². The highest BCUT2D eigenvalue weighted by atomic mass is 16.5. The Hall–Kier alpha value is -1.42. The zero-order valence-corrected chi connectivity index (χ0v) is 12.5. The summed E-state index contributed by atoms with van der Waals surface area (Å²) in [6, 6.07) is 5.90. The molecule has 0 aliphatic heterocycles. The first-order chi connectivity index (χ1) is 9.10. The second kappa shape index (κ2) is 7.89. The first kappa shape index (κ1) is 15.6. The molecule has 0 radical (unpaired) electrons. The Morgan fingerprint density at radius 2 is 1.53 bits per heavy atom. The van der Waals surface area contributed by atoms with E-state index in [0.717, 1.165) is 23.8 Å². The van der Waals surface area contributed by atoms with E-state index in [0.29, 0.717) is 18.6 Å². The van der Waals surface area contributed by atoms with Crippen molar-refractivity contribution in [3.8, 4) is 17.2 Å². The van der Waals surface area contributed by atoms with Crippen LogP contribution in [0.15, 0.2) is 18.2 Å². The van der Waals surface area contributed by atoms with E-state index in [4.69, 9.17) is 14.2 Å². The molecule has 0 saturated carbocycles. The average Bonchev–Trinajstić information content (AvgIpc) is 2.42. The third kappa shape index (κ3) is 4.99. The Labute approximate surface area is 116 Å². The van der Waals surface area contributed by atoms with Gasteiger partial charge in [0.1, 0.15) is 23.9 Å². The van der Waals surface area contributed by atoms with Crippen molar-refractivity contribution < 1.29 is 14.2 Å². The molecule has 0 heterocycles. The van der Waals surface area contributed by atoms with E-state index < -0.39 is 0 Å². The molecule has 0 fully saturated rings. The molecular weight excluding hydrogens is 242 g/mol. The molecule has 1 aromatic rings. The van der Waals surface area contributed by atoms with Crippen molar-refractivity contribution in [2.45, 2.75) is 26.8 Å². The van der Waals surface area contributed by atoms with Gasteiger partial charge in [-0.25, -0.2) is 0 Å². The van der Waals surface area contributed by atoms with Crippen LogP contribution in [-0.2, 0) is 0 Å². The second-order valence-electron chi connectivity index (χ2n) is 4.77. The molecule has 0 spiro atoms. The van der Waals surface area contributed by atoms with Crippen LogP contribution in [0.2, 0.25) is 0 Å². The summed E-state index contributed by atoms with van der Waals surface area (Å²) in [5.41, 5.74) is 0. The maximum Gasteiger partial charge on any atom is 0.126 e. The summed E-state index contributed by atoms with van der Waals surface area (Å²) < 4.78 is 16.3. The molecule has 0 aliphatic rings. The van der Waals surface area contributed by atoms with Gasteiger partial charge in [-0.1, -0.05) is 20.8 Å². The minimum absolute atomic E-state index is 0.335. The second-order valence-corrected chi connectivity index (χ2v) is 4.77. The van der Waals surface area contributed by atoms with E-state index in [2.05, 4.69) is 26.1 Å². The van der Waals surface area contributed by atoms with E-state index in [1.807, 2.05) is 18.2 Å². The fourth-order valence-corrected chi connectivity index (χ4v) is 1.80. The average molecular weight is 267 g/mol. The number of benzene rings is 1. The van der Waals surface area contributed by atoms with Crippen LogP contribution < -0.4 is 19.5 Å². The summed E-state index contributed by atoms with van der Waals surface area (Å²) in [7, 11) is 3.27. The number of ether oxygens (including phenoxy) is 3. The Morgan fingerprint density at radius 1 is 1.00 bits per heavy atom.